The maximum Gasteiger partial charge on any atom is 0.147 e. The Labute approximate surface area is 98.4 Å². The molecule has 0 radical (unpaired) electrons. The predicted molar refractivity (Wildman–Crippen MR) is 64.1 cm³/mol. The molecule has 0 fully saturated rings. The lowest BCUT2D eigenvalue weighted by molar-refractivity contribution is -0.116. The topological polar surface area (TPSA) is 37.3 Å². The zero-order valence-electron chi connectivity index (χ0n) is 8.96. The van der Waals surface area contributed by atoms with Gasteiger partial charge in [0.2, 0.25) is 0 Å². The highest BCUT2D eigenvalue weighted by atomic mass is 79.9. The Balaban J connectivity index is 3.07. The van der Waals surface area contributed by atoms with Gasteiger partial charge in [0.25, 0.3) is 0 Å². The number of aliphatic hydroxyl groups excluding tert-OH is 1. The van der Waals surface area contributed by atoms with Gasteiger partial charge in [-0.3, -0.25) is 4.79 Å². The monoisotopic (exact) mass is 270 g/mol. The van der Waals surface area contributed by atoms with Gasteiger partial charge >= 0.3 is 0 Å². The summed E-state index contributed by atoms with van der Waals surface area (Å²) in [6, 6.07) is 5.74. The van der Waals surface area contributed by atoms with E-state index in [1.165, 1.54) is 0 Å². The quantitative estimate of drug-likeness (QED) is 0.855. The van der Waals surface area contributed by atoms with Crippen molar-refractivity contribution in [2.24, 2.45) is 0 Å². The Morgan fingerprint density at radius 2 is 2.13 bits per heavy atom. The van der Waals surface area contributed by atoms with Crippen molar-refractivity contribution in [2.45, 2.75) is 31.7 Å². The second kappa shape index (κ2) is 5.42. The maximum absolute atomic E-state index is 11.2. The number of benzene rings is 1. The van der Waals surface area contributed by atoms with Gasteiger partial charge in [0.1, 0.15) is 5.78 Å². The second-order valence-corrected chi connectivity index (χ2v) is 4.43. The van der Waals surface area contributed by atoms with Crippen molar-refractivity contribution in [3.8, 4) is 0 Å². The molecule has 2 nitrogen and oxygen atoms in total. The Kier molecular flexibility index (Phi) is 4.48. The van der Waals surface area contributed by atoms with E-state index in [2.05, 4.69) is 15.9 Å². The number of hydrogen-bond acceptors (Lipinski definition) is 2. The summed E-state index contributed by atoms with van der Waals surface area (Å²) in [6.07, 6.45) is 0.862. The third-order valence-electron chi connectivity index (χ3n) is 2.43. The van der Waals surface area contributed by atoms with Crippen LogP contribution >= 0.6 is 15.9 Å². The highest BCUT2D eigenvalue weighted by molar-refractivity contribution is 9.09. The zero-order chi connectivity index (χ0) is 11.4. The van der Waals surface area contributed by atoms with Crippen molar-refractivity contribution >= 4 is 21.7 Å². The highest BCUT2D eigenvalue weighted by Crippen LogP contribution is 2.26. The number of aryl methyl sites for hydroxylation is 1. The normalized spacial score (nSPS) is 12.5. The first-order chi connectivity index (χ1) is 7.10. The fourth-order valence-electron chi connectivity index (χ4n) is 1.52. The summed E-state index contributed by atoms with van der Waals surface area (Å²) in [5.74, 6) is 0.0915. The molecule has 0 aliphatic rings. The van der Waals surface area contributed by atoms with E-state index < -0.39 is 0 Å². The maximum atomic E-state index is 11.2. The Hall–Kier alpha value is -0.670. The lowest BCUT2D eigenvalue weighted by atomic mass is 10.00. The molecule has 1 aromatic carbocycles. The molecule has 3 heteroatoms. The van der Waals surface area contributed by atoms with E-state index in [0.29, 0.717) is 0 Å². The number of carbonyl (C=O) groups excluding carboxylic acids is 1. The molecule has 0 aliphatic heterocycles. The van der Waals surface area contributed by atoms with Crippen LogP contribution in [0.5, 0.6) is 0 Å². The van der Waals surface area contributed by atoms with Crippen molar-refractivity contribution in [1.29, 1.82) is 0 Å². The summed E-state index contributed by atoms with van der Waals surface area (Å²) in [7, 11) is 0. The van der Waals surface area contributed by atoms with Crippen LogP contribution in [0, 0.1) is 0 Å². The molecule has 0 aromatic heterocycles. The number of ketones is 1. The molecule has 0 amide bonds. The van der Waals surface area contributed by atoms with Gasteiger partial charge in [-0.1, -0.05) is 41.1 Å². The molecule has 0 saturated carbocycles. The van der Waals surface area contributed by atoms with Crippen LogP contribution < -0.4 is 0 Å². The van der Waals surface area contributed by atoms with Crippen LogP contribution in [0.15, 0.2) is 18.2 Å². The standard InChI is InChI=1S/C12H15BrO2/c1-3-9-6-10(12(13)8(2)15)4-5-11(9)7-14/h4-6,12,14H,3,7H2,1-2H3. The molecule has 0 aliphatic carbocycles. The minimum atomic E-state index is -0.240. The van der Waals surface area contributed by atoms with E-state index in [9.17, 15) is 4.79 Å². The Morgan fingerprint density at radius 1 is 1.47 bits per heavy atom. The van der Waals surface area contributed by atoms with Crippen LogP contribution in [-0.4, -0.2) is 10.9 Å². The first-order valence-corrected chi connectivity index (χ1v) is 5.88. The summed E-state index contributed by atoms with van der Waals surface area (Å²) >= 11 is 3.35. The van der Waals surface area contributed by atoms with Crippen molar-refractivity contribution in [3.05, 3.63) is 34.9 Å². The fraction of sp³-hybridized carbons (Fsp3) is 0.417. The van der Waals surface area contributed by atoms with Gasteiger partial charge in [-0.15, -0.1) is 0 Å². The van der Waals surface area contributed by atoms with Gasteiger partial charge in [-0.05, 0) is 30.0 Å². The van der Waals surface area contributed by atoms with Crippen molar-refractivity contribution in [2.75, 3.05) is 0 Å². The lowest BCUT2D eigenvalue weighted by Crippen LogP contribution is -2.03. The van der Waals surface area contributed by atoms with Gasteiger partial charge in [0.05, 0.1) is 11.4 Å². The van der Waals surface area contributed by atoms with Crippen LogP contribution in [0.2, 0.25) is 0 Å². The number of carbonyl (C=O) groups is 1. The third-order valence-corrected chi connectivity index (χ3v) is 3.60. The van der Waals surface area contributed by atoms with Gasteiger partial charge in [0.15, 0.2) is 0 Å². The average molecular weight is 271 g/mol. The molecule has 1 unspecified atom stereocenters. The molecule has 1 N–H and O–H groups in total. The summed E-state index contributed by atoms with van der Waals surface area (Å²) in [4.78, 5) is 11.0. The third kappa shape index (κ3) is 2.89. The molecule has 0 spiro atoms. The van der Waals surface area contributed by atoms with E-state index in [0.717, 1.165) is 23.1 Å². The Morgan fingerprint density at radius 3 is 2.60 bits per heavy atom. The Bertz CT molecular complexity index is 361. The van der Waals surface area contributed by atoms with E-state index >= 15 is 0 Å². The van der Waals surface area contributed by atoms with Crippen LogP contribution in [0.25, 0.3) is 0 Å². The van der Waals surface area contributed by atoms with Gasteiger partial charge in [-0.25, -0.2) is 0 Å². The molecular weight excluding hydrogens is 256 g/mol. The van der Waals surface area contributed by atoms with Crippen LogP contribution in [0.4, 0.5) is 0 Å². The molecule has 1 aromatic rings. The van der Waals surface area contributed by atoms with E-state index in [1.54, 1.807) is 6.92 Å². The summed E-state index contributed by atoms with van der Waals surface area (Å²) in [5.41, 5.74) is 2.99. The summed E-state index contributed by atoms with van der Waals surface area (Å²) in [6.45, 7) is 3.65. The van der Waals surface area contributed by atoms with Crippen molar-refractivity contribution < 1.29 is 9.90 Å². The summed E-state index contributed by atoms with van der Waals surface area (Å²) in [5, 5.41) is 9.11. The molecule has 0 bridgehead atoms. The first kappa shape index (κ1) is 12.4. The van der Waals surface area contributed by atoms with Crippen LogP contribution in [0.3, 0.4) is 0 Å². The fourth-order valence-corrected chi connectivity index (χ4v) is 1.81. The number of Topliss-reactive ketones (excluding diaryl/α,β-unsaturated/α-hetero) is 1. The molecule has 1 atom stereocenters. The number of hydrogen-bond donors (Lipinski definition) is 1. The number of rotatable bonds is 4. The number of halogens is 1. The second-order valence-electron chi connectivity index (χ2n) is 3.51. The number of alkyl halides is 1. The highest BCUT2D eigenvalue weighted by Gasteiger charge is 2.13. The molecule has 82 valence electrons. The first-order valence-electron chi connectivity index (χ1n) is 4.97. The lowest BCUT2D eigenvalue weighted by Gasteiger charge is -2.11. The van der Waals surface area contributed by atoms with Crippen molar-refractivity contribution in [3.63, 3.8) is 0 Å². The summed E-state index contributed by atoms with van der Waals surface area (Å²) < 4.78 is 0. The minimum Gasteiger partial charge on any atom is -0.392 e. The van der Waals surface area contributed by atoms with Crippen LogP contribution in [0.1, 0.15) is 35.4 Å². The van der Waals surface area contributed by atoms with Crippen molar-refractivity contribution in [1.82, 2.24) is 0 Å². The van der Waals surface area contributed by atoms with E-state index in [-0.39, 0.29) is 17.2 Å². The number of aliphatic hydroxyl groups is 1. The zero-order valence-corrected chi connectivity index (χ0v) is 10.5. The molecular formula is C12H15BrO2. The van der Waals surface area contributed by atoms with E-state index in [4.69, 9.17) is 5.11 Å². The smallest absolute Gasteiger partial charge is 0.147 e. The largest absolute Gasteiger partial charge is 0.392 e. The molecule has 1 rings (SSSR count). The minimum absolute atomic E-state index is 0.0521. The van der Waals surface area contributed by atoms with Crippen LogP contribution in [-0.2, 0) is 17.8 Å². The van der Waals surface area contributed by atoms with E-state index in [1.807, 2.05) is 25.1 Å². The van der Waals surface area contributed by atoms with Gasteiger partial charge in [-0.2, -0.15) is 0 Å². The predicted octanol–water partition coefficient (Wildman–Crippen LogP) is 2.77. The SMILES string of the molecule is CCc1cc(C(Br)C(C)=O)ccc1CO. The van der Waals surface area contributed by atoms with Gasteiger partial charge in [0, 0.05) is 0 Å². The van der Waals surface area contributed by atoms with Gasteiger partial charge < -0.3 is 5.11 Å². The molecule has 0 heterocycles. The molecule has 15 heavy (non-hydrogen) atoms. The molecule has 0 saturated heterocycles. The average Bonchev–Trinajstić information content (AvgIpc) is 2.26.